The van der Waals surface area contributed by atoms with Crippen molar-refractivity contribution in [3.63, 3.8) is 0 Å². The topological polar surface area (TPSA) is 484 Å². The summed E-state index contributed by atoms with van der Waals surface area (Å²) in [7, 11) is 0. The van der Waals surface area contributed by atoms with E-state index in [-0.39, 0.29) is 38.1 Å². The summed E-state index contributed by atoms with van der Waals surface area (Å²) in [6.07, 6.45) is -9.42. The van der Waals surface area contributed by atoms with E-state index < -0.39 is 162 Å². The van der Waals surface area contributed by atoms with E-state index in [0.717, 1.165) is 50.5 Å². The minimum Gasteiger partial charge on any atom is -0.462 e. The van der Waals surface area contributed by atoms with E-state index in [1.54, 1.807) is 153 Å². The van der Waals surface area contributed by atoms with Gasteiger partial charge in [-0.15, -0.1) is 0 Å². The van der Waals surface area contributed by atoms with Crippen molar-refractivity contribution in [1.82, 2.24) is 43.9 Å². The zero-order chi connectivity index (χ0) is 80.0. The predicted octanol–water partition coefficient (Wildman–Crippen LogP) is 2.39. The Morgan fingerprint density at radius 1 is 0.426 bits per heavy atom. The highest BCUT2D eigenvalue weighted by molar-refractivity contribution is 8.09. The number of aromatic amines is 3. The van der Waals surface area contributed by atoms with Crippen LogP contribution in [0.25, 0.3) is 0 Å². The molecule has 0 bridgehead atoms. The average molecular weight is 1630 g/mol. The van der Waals surface area contributed by atoms with Crippen LogP contribution >= 0.6 is 19.9 Å². The molecule has 0 amide bonds. The Balaban J connectivity index is 0.000000226. The number of para-hydroxylation sites is 3. The summed E-state index contributed by atoms with van der Waals surface area (Å²) in [4.78, 5) is 114. The van der Waals surface area contributed by atoms with Crippen molar-refractivity contribution in [2.75, 3.05) is 19.8 Å². The van der Waals surface area contributed by atoms with Crippen molar-refractivity contribution in [2.45, 2.75) is 192 Å². The first kappa shape index (κ1) is 88.1. The number of aromatic nitrogens is 6. The van der Waals surface area contributed by atoms with Crippen molar-refractivity contribution in [3.05, 3.63) is 190 Å². The summed E-state index contributed by atoms with van der Waals surface area (Å²) < 4.78 is 71.2. The number of benzene rings is 3. The number of hydrogen-bond donors (Lipinski definition) is 12. The van der Waals surface area contributed by atoms with Crippen LogP contribution in [-0.2, 0) is 91.8 Å². The largest absolute Gasteiger partial charge is 0.462 e. The van der Waals surface area contributed by atoms with Gasteiger partial charge in [-0.05, 0) is 155 Å². The fraction of sp³-hybridized carbons (Fsp3) is 0.500. The maximum atomic E-state index is 12.4. The summed E-state index contributed by atoms with van der Waals surface area (Å²) in [5.41, 5.74) is -10.1. The zero-order valence-electron chi connectivity index (χ0n) is 60.6. The molecule has 6 aromatic rings. The number of carbonyl (C=O) groups is 3. The number of nitrogens with zero attached hydrogens (tertiary/aromatic N) is 3. The Hall–Kier alpha value is -7.14. The van der Waals surface area contributed by atoms with Crippen LogP contribution in [0.4, 0.5) is 0 Å². The lowest BCUT2D eigenvalue weighted by atomic mass is 9.96. The number of aliphatic hydroxyl groups excluding tert-OH is 3. The molecule has 3 aromatic carbocycles. The van der Waals surface area contributed by atoms with Gasteiger partial charge in [0.2, 0.25) is 0 Å². The minimum atomic E-state index is -3.43. The van der Waals surface area contributed by atoms with Crippen LogP contribution in [0, 0.1) is 0 Å². The number of rotatable bonds is 30. The zero-order valence-corrected chi connectivity index (χ0v) is 65.7. The predicted molar refractivity (Wildman–Crippen MR) is 399 cm³/mol. The maximum Gasteiger partial charge on any atom is 0.330 e. The van der Waals surface area contributed by atoms with Crippen molar-refractivity contribution < 1.29 is 101 Å². The van der Waals surface area contributed by atoms with Gasteiger partial charge >= 0.3 is 54.9 Å². The average Bonchev–Trinajstić information content (AvgIpc) is 1.63. The second kappa shape index (κ2) is 37.7. The molecule has 3 aliphatic rings. The molecule has 3 saturated heterocycles. The first-order valence-corrected chi connectivity index (χ1v) is 41.4. The van der Waals surface area contributed by atoms with E-state index in [4.69, 9.17) is 91.0 Å². The van der Waals surface area contributed by atoms with Crippen LogP contribution in [0.15, 0.2) is 157 Å². The van der Waals surface area contributed by atoms with Gasteiger partial charge in [-0.25, -0.2) is 29.6 Å². The molecule has 12 N–H and O–H groups in total. The highest BCUT2D eigenvalue weighted by Gasteiger charge is 2.57. The van der Waals surface area contributed by atoms with E-state index in [0.29, 0.717) is 17.2 Å². The number of esters is 3. The third-order valence-corrected chi connectivity index (χ3v) is 23.4. The summed E-state index contributed by atoms with van der Waals surface area (Å²) in [6, 6.07) is 26.4. The standard InChI is InChI=1S/3C22H30N3O9PS/c3*1-13(2)32-19(28)14(3)24-35(36,34-15-8-6-5-7-9-15)31-12-16-18(27)22(4,30)20(33-16)25-11-10-17(26)23-21(25)29/h3*5-11,13-14,16,18,20,27,30H,12H2,1-4H3,(H,24,36)(H,23,26,29)/t14-,16+,18+,20+,22+,35?;14-,16+,18+,20+,22+,35+;14-,16+,18+,20+,22+,35-/m000/s1. The summed E-state index contributed by atoms with van der Waals surface area (Å²) >= 11 is 16.9. The van der Waals surface area contributed by atoms with Crippen molar-refractivity contribution in [3.8, 4) is 17.2 Å². The van der Waals surface area contributed by atoms with Crippen molar-refractivity contribution in [2.24, 2.45) is 0 Å². The van der Waals surface area contributed by atoms with Crippen LogP contribution in [0.1, 0.15) is 102 Å². The Bertz CT molecular complexity index is 4100. The number of hydrogen-bond acceptors (Lipinski definition) is 30. The van der Waals surface area contributed by atoms with Crippen LogP contribution < -0.4 is 62.6 Å². The SMILES string of the molecule is CC(C)OC(=O)[C@H](C)NP(=S)(OC[C@H]1O[C@@H](n2ccc(=O)[nH]c2=O)[C@](C)(O)[C@@H]1O)Oc1ccccc1.CC(C)OC(=O)[C@H](C)N[P@@](=S)(OC[C@H]1O[C@@H](n2ccc(=O)[nH]c2=O)[C@](C)(O)[C@@H]1O)Oc1ccccc1.CC(C)OC(=O)[C@H](C)N[P@](=S)(OC[C@H]1O[C@@H](n2ccc(=O)[nH]c2=O)[C@](C)(O)[C@@H]1O)Oc1ccccc1. The third-order valence-electron chi connectivity index (χ3n) is 15.9. The van der Waals surface area contributed by atoms with Gasteiger partial charge in [0.15, 0.2) is 18.7 Å². The van der Waals surface area contributed by atoms with Gasteiger partial charge in [0.05, 0.1) is 38.1 Å². The lowest BCUT2D eigenvalue weighted by Crippen LogP contribution is -2.47. The van der Waals surface area contributed by atoms with Crippen LogP contribution in [-0.4, -0.2) is 187 Å². The number of nitrogens with one attached hydrogen (secondary N) is 6. The molecule has 18 atom stereocenters. The molecule has 0 saturated carbocycles. The molecule has 3 fully saturated rings. The highest BCUT2D eigenvalue weighted by atomic mass is 32.5. The minimum absolute atomic E-state index is 0.340. The molecular weight excluding hydrogens is 1540 g/mol. The Morgan fingerprint density at radius 2 is 0.648 bits per heavy atom. The van der Waals surface area contributed by atoms with Gasteiger partial charge in [-0.2, -0.15) is 0 Å². The van der Waals surface area contributed by atoms with Gasteiger partial charge < -0.3 is 86.2 Å². The first-order valence-electron chi connectivity index (χ1n) is 33.5. The fourth-order valence-corrected chi connectivity index (χ4v) is 17.7. The molecule has 108 heavy (non-hydrogen) atoms. The molecular formula is C66H90N9O27P3S3. The molecule has 1 unspecified atom stereocenters. The van der Waals surface area contributed by atoms with Crippen molar-refractivity contribution >= 4 is 73.3 Å². The van der Waals surface area contributed by atoms with Gasteiger partial charge in [-0.1, -0.05) is 54.6 Å². The van der Waals surface area contributed by atoms with E-state index in [2.05, 4.69) is 30.2 Å². The van der Waals surface area contributed by atoms with E-state index in [1.807, 2.05) is 0 Å². The molecule has 3 aromatic heterocycles. The van der Waals surface area contributed by atoms with Crippen LogP contribution in [0.2, 0.25) is 0 Å². The smallest absolute Gasteiger partial charge is 0.330 e. The normalized spacial score (nSPS) is 26.4. The summed E-state index contributed by atoms with van der Waals surface area (Å²) in [5, 5.41) is 73.6. The number of carbonyl (C=O) groups excluding carboxylic acids is 3. The quantitative estimate of drug-likeness (QED) is 0.0175. The summed E-state index contributed by atoms with van der Waals surface area (Å²) in [5.74, 6) is -0.521. The molecule has 36 nitrogen and oxygen atoms in total. The van der Waals surface area contributed by atoms with Gasteiger partial charge in [0, 0.05) is 36.8 Å². The van der Waals surface area contributed by atoms with Gasteiger partial charge in [0.25, 0.3) is 16.7 Å². The summed E-state index contributed by atoms with van der Waals surface area (Å²) in [6.45, 7) is 7.46. The number of ether oxygens (including phenoxy) is 6. The molecule has 0 radical (unpaired) electrons. The van der Waals surface area contributed by atoms with E-state index in [9.17, 15) is 73.8 Å². The fourth-order valence-electron chi connectivity index (χ4n) is 10.5. The van der Waals surface area contributed by atoms with Crippen LogP contribution in [0.5, 0.6) is 17.2 Å². The van der Waals surface area contributed by atoms with Gasteiger partial charge in [-0.3, -0.25) is 57.4 Å². The Morgan fingerprint density at radius 3 is 0.852 bits per heavy atom. The molecule has 9 rings (SSSR count). The van der Waals surface area contributed by atoms with Gasteiger partial charge in [0.1, 0.15) is 88.8 Å². The molecule has 0 spiro atoms. The number of H-pyrrole nitrogens is 3. The Labute approximate surface area is 633 Å². The molecule has 3 aliphatic heterocycles. The molecule has 594 valence electrons. The Kier molecular flexibility index (Phi) is 30.8. The lowest BCUT2D eigenvalue weighted by molar-refractivity contribution is -0.149. The lowest BCUT2D eigenvalue weighted by Gasteiger charge is -2.28. The third kappa shape index (κ3) is 23.7. The van der Waals surface area contributed by atoms with E-state index in [1.165, 1.54) is 20.8 Å². The highest BCUT2D eigenvalue weighted by Crippen LogP contribution is 2.50. The molecule has 6 heterocycles. The van der Waals surface area contributed by atoms with Crippen molar-refractivity contribution in [1.29, 1.82) is 0 Å². The maximum absolute atomic E-state index is 12.4. The second-order valence-corrected chi connectivity index (χ2v) is 35.7. The molecule has 42 heteroatoms. The second-order valence-electron chi connectivity index (χ2n) is 26.2. The van der Waals surface area contributed by atoms with Crippen LogP contribution in [0.3, 0.4) is 0 Å². The monoisotopic (exact) mass is 1630 g/mol. The molecule has 0 aliphatic carbocycles. The number of aliphatic hydroxyl groups is 6. The first-order chi connectivity index (χ1) is 50.5. The van der Waals surface area contributed by atoms with E-state index >= 15 is 0 Å².